The van der Waals surface area contributed by atoms with Gasteiger partial charge in [-0.25, -0.2) is 0 Å². The van der Waals surface area contributed by atoms with Crippen LogP contribution in [0.4, 0.5) is 0 Å². The fourth-order valence-electron chi connectivity index (χ4n) is 1.75. The highest BCUT2D eigenvalue weighted by Gasteiger charge is 2.10. The zero-order chi connectivity index (χ0) is 10.1. The Morgan fingerprint density at radius 2 is 2.07 bits per heavy atom. The number of rotatable bonds is 2. The Bertz CT molecular complexity index is 482. The fourth-order valence-corrected chi connectivity index (χ4v) is 1.75. The molecule has 0 bridgehead atoms. The summed E-state index contributed by atoms with van der Waals surface area (Å²) >= 11 is 0. The van der Waals surface area contributed by atoms with E-state index in [0.29, 0.717) is 6.42 Å². The van der Waals surface area contributed by atoms with E-state index in [1.54, 1.807) is 0 Å². The molecule has 0 atom stereocenters. The number of carbonyl (C=O) groups excluding carboxylic acids is 1. The first kappa shape index (κ1) is 9.00. The van der Waals surface area contributed by atoms with Gasteiger partial charge in [0.15, 0.2) is 5.78 Å². The molecule has 2 nitrogen and oxygen atoms in total. The summed E-state index contributed by atoms with van der Waals surface area (Å²) in [6.07, 6.45) is 2.48. The molecule has 2 heteroatoms. The number of Topliss-reactive ketones (excluding diaryl/α,β-unsaturated/α-hetero) is 1. The summed E-state index contributed by atoms with van der Waals surface area (Å²) in [6, 6.07) is 7.98. The predicted octanol–water partition coefficient (Wildman–Crippen LogP) is 2.77. The van der Waals surface area contributed by atoms with E-state index in [2.05, 4.69) is 0 Å². The zero-order valence-electron chi connectivity index (χ0n) is 8.45. The number of fused-ring (bicyclic) bond motifs is 1. The van der Waals surface area contributed by atoms with E-state index in [1.807, 2.05) is 49.0 Å². The van der Waals surface area contributed by atoms with Crippen LogP contribution in [0.5, 0.6) is 0 Å². The zero-order valence-corrected chi connectivity index (χ0v) is 8.45. The van der Waals surface area contributed by atoms with Crippen molar-refractivity contribution < 1.29 is 4.79 Å². The van der Waals surface area contributed by atoms with E-state index in [9.17, 15) is 4.79 Å². The van der Waals surface area contributed by atoms with Gasteiger partial charge in [-0.15, -0.1) is 0 Å². The molecule has 0 unspecified atom stereocenters. The second-order valence-electron chi connectivity index (χ2n) is 3.45. The SMILES string of the molecule is CCC(=O)c1cn(C)c2ccccc12. The lowest BCUT2D eigenvalue weighted by Crippen LogP contribution is -1.94. The summed E-state index contributed by atoms with van der Waals surface area (Å²) in [7, 11) is 1.97. The Labute approximate surface area is 83.2 Å². The van der Waals surface area contributed by atoms with Gasteiger partial charge in [-0.3, -0.25) is 4.79 Å². The van der Waals surface area contributed by atoms with Crippen molar-refractivity contribution in [1.29, 1.82) is 0 Å². The van der Waals surface area contributed by atoms with Crippen LogP contribution in [0.15, 0.2) is 30.5 Å². The largest absolute Gasteiger partial charge is 0.350 e. The summed E-state index contributed by atoms with van der Waals surface area (Å²) in [5.74, 6) is 0.210. The highest BCUT2D eigenvalue weighted by molar-refractivity contribution is 6.07. The molecule has 0 N–H and O–H groups in total. The van der Waals surface area contributed by atoms with Gasteiger partial charge < -0.3 is 4.57 Å². The predicted molar refractivity (Wildman–Crippen MR) is 57.5 cm³/mol. The summed E-state index contributed by atoms with van der Waals surface area (Å²) in [6.45, 7) is 1.89. The van der Waals surface area contributed by atoms with Crippen molar-refractivity contribution in [2.24, 2.45) is 7.05 Å². The van der Waals surface area contributed by atoms with Gasteiger partial charge in [0.1, 0.15) is 0 Å². The minimum atomic E-state index is 0.210. The smallest absolute Gasteiger partial charge is 0.164 e. The standard InChI is InChI=1S/C12H13NO/c1-3-12(14)10-8-13(2)11-7-5-4-6-9(10)11/h4-8H,3H2,1-2H3. The first-order valence-electron chi connectivity index (χ1n) is 4.81. The van der Waals surface area contributed by atoms with Gasteiger partial charge >= 0.3 is 0 Å². The van der Waals surface area contributed by atoms with Crippen molar-refractivity contribution in [3.63, 3.8) is 0 Å². The first-order chi connectivity index (χ1) is 6.74. The van der Waals surface area contributed by atoms with E-state index >= 15 is 0 Å². The van der Waals surface area contributed by atoms with Crippen LogP contribution in [0.2, 0.25) is 0 Å². The third-order valence-corrected chi connectivity index (χ3v) is 2.52. The van der Waals surface area contributed by atoms with Crippen molar-refractivity contribution >= 4 is 16.7 Å². The Hall–Kier alpha value is -1.57. The third kappa shape index (κ3) is 1.23. The van der Waals surface area contributed by atoms with E-state index in [-0.39, 0.29) is 5.78 Å². The average Bonchev–Trinajstić information content (AvgIpc) is 2.56. The van der Waals surface area contributed by atoms with Gasteiger partial charge in [-0.05, 0) is 6.07 Å². The molecule has 0 aliphatic carbocycles. The fraction of sp³-hybridized carbons (Fsp3) is 0.250. The van der Waals surface area contributed by atoms with Crippen LogP contribution < -0.4 is 0 Å². The normalized spacial score (nSPS) is 10.7. The molecule has 1 heterocycles. The molecule has 0 saturated carbocycles. The third-order valence-electron chi connectivity index (χ3n) is 2.52. The van der Waals surface area contributed by atoms with Crippen molar-refractivity contribution in [2.45, 2.75) is 13.3 Å². The minimum Gasteiger partial charge on any atom is -0.350 e. The van der Waals surface area contributed by atoms with Gasteiger partial charge in [0.2, 0.25) is 0 Å². The van der Waals surface area contributed by atoms with Crippen molar-refractivity contribution in [2.75, 3.05) is 0 Å². The van der Waals surface area contributed by atoms with Gasteiger partial charge in [-0.2, -0.15) is 0 Å². The maximum Gasteiger partial charge on any atom is 0.164 e. The lowest BCUT2D eigenvalue weighted by Gasteiger charge is -1.94. The Morgan fingerprint density at radius 3 is 2.79 bits per heavy atom. The summed E-state index contributed by atoms with van der Waals surface area (Å²) < 4.78 is 2.00. The number of hydrogen-bond acceptors (Lipinski definition) is 1. The molecule has 0 saturated heterocycles. The molecule has 72 valence electrons. The average molecular weight is 187 g/mol. The molecular formula is C12H13NO. The van der Waals surface area contributed by atoms with Gasteiger partial charge in [0.05, 0.1) is 0 Å². The van der Waals surface area contributed by atoms with Gasteiger partial charge in [-0.1, -0.05) is 25.1 Å². The summed E-state index contributed by atoms with van der Waals surface area (Å²) in [5, 5.41) is 1.06. The quantitative estimate of drug-likeness (QED) is 0.662. The van der Waals surface area contributed by atoms with E-state index < -0.39 is 0 Å². The van der Waals surface area contributed by atoms with Crippen LogP contribution in [0.25, 0.3) is 10.9 Å². The molecule has 0 radical (unpaired) electrons. The lowest BCUT2D eigenvalue weighted by molar-refractivity contribution is 0.0989. The molecule has 0 spiro atoms. The first-order valence-corrected chi connectivity index (χ1v) is 4.81. The van der Waals surface area contributed by atoms with Crippen molar-refractivity contribution in [3.05, 3.63) is 36.0 Å². The summed E-state index contributed by atoms with van der Waals surface area (Å²) in [4.78, 5) is 11.6. The number of para-hydroxylation sites is 1. The number of benzene rings is 1. The Kier molecular flexibility index (Phi) is 2.12. The molecule has 1 aromatic heterocycles. The molecule has 1 aromatic carbocycles. The van der Waals surface area contributed by atoms with Gasteiger partial charge in [0.25, 0.3) is 0 Å². The highest BCUT2D eigenvalue weighted by Crippen LogP contribution is 2.21. The number of ketones is 1. The summed E-state index contributed by atoms with van der Waals surface area (Å²) in [5.41, 5.74) is 1.95. The molecule has 0 fully saturated rings. The minimum absolute atomic E-state index is 0.210. The van der Waals surface area contributed by atoms with Gasteiger partial charge in [0, 0.05) is 36.1 Å². The van der Waals surface area contributed by atoms with Crippen molar-refractivity contribution in [3.8, 4) is 0 Å². The highest BCUT2D eigenvalue weighted by atomic mass is 16.1. The van der Waals surface area contributed by atoms with E-state index in [4.69, 9.17) is 0 Å². The number of aryl methyl sites for hydroxylation is 1. The number of nitrogens with zero attached hydrogens (tertiary/aromatic N) is 1. The van der Waals surface area contributed by atoms with Crippen LogP contribution >= 0.6 is 0 Å². The van der Waals surface area contributed by atoms with E-state index in [1.165, 1.54) is 0 Å². The van der Waals surface area contributed by atoms with Crippen LogP contribution in [0.1, 0.15) is 23.7 Å². The number of aromatic nitrogens is 1. The molecular weight excluding hydrogens is 174 g/mol. The number of hydrogen-bond donors (Lipinski definition) is 0. The molecule has 14 heavy (non-hydrogen) atoms. The molecule has 0 amide bonds. The Morgan fingerprint density at radius 1 is 1.36 bits per heavy atom. The molecule has 0 aliphatic heterocycles. The Balaban J connectivity index is 2.72. The second-order valence-corrected chi connectivity index (χ2v) is 3.45. The molecule has 2 rings (SSSR count). The molecule has 2 aromatic rings. The maximum absolute atomic E-state index is 11.6. The monoisotopic (exact) mass is 187 g/mol. The second kappa shape index (κ2) is 3.29. The lowest BCUT2D eigenvalue weighted by atomic mass is 10.1. The van der Waals surface area contributed by atoms with Crippen LogP contribution in [-0.2, 0) is 7.05 Å². The van der Waals surface area contributed by atoms with Crippen molar-refractivity contribution in [1.82, 2.24) is 4.57 Å². The number of carbonyl (C=O) groups is 1. The van der Waals surface area contributed by atoms with Crippen LogP contribution in [-0.4, -0.2) is 10.4 Å². The van der Waals surface area contributed by atoms with Crippen LogP contribution in [0.3, 0.4) is 0 Å². The van der Waals surface area contributed by atoms with E-state index in [0.717, 1.165) is 16.5 Å². The molecule has 0 aliphatic rings. The maximum atomic E-state index is 11.6. The topological polar surface area (TPSA) is 22.0 Å². The van der Waals surface area contributed by atoms with Crippen LogP contribution in [0, 0.1) is 0 Å².